The molecule has 0 saturated carbocycles. The molecule has 7 nitrogen and oxygen atoms in total. The van der Waals surface area contributed by atoms with E-state index in [1.165, 1.54) is 6.07 Å². The van der Waals surface area contributed by atoms with Crippen LogP contribution in [0.5, 0.6) is 0 Å². The molecule has 1 saturated heterocycles. The fourth-order valence-electron chi connectivity index (χ4n) is 3.79. The molecule has 32 heavy (non-hydrogen) atoms. The number of piperidine rings is 1. The van der Waals surface area contributed by atoms with Crippen molar-refractivity contribution < 1.29 is 9.31 Å². The van der Waals surface area contributed by atoms with Crippen molar-refractivity contribution >= 4 is 41.3 Å². The van der Waals surface area contributed by atoms with Crippen LogP contribution >= 0.6 is 24.0 Å². The standard InChI is InChI=1S/C23H30FN5O2.HI/c1-25-23(26-14-3-2-5-18-8-10-21(11-9-18)29(30)31)27-20-12-15-28(16-13-20)22-7-4-6-19(24)17-22;/h4,6-11,17,20H,2-3,5,12-16H2,1H3,(H2,25,26,27);1H. The number of nitrogens with zero attached hydrogens (tertiary/aromatic N) is 3. The number of aliphatic imine (C=N–C) groups is 1. The van der Waals surface area contributed by atoms with Gasteiger partial charge in [0.25, 0.3) is 5.69 Å². The first-order chi connectivity index (χ1) is 15.0. The summed E-state index contributed by atoms with van der Waals surface area (Å²) in [4.78, 5) is 16.9. The average Bonchev–Trinajstić information content (AvgIpc) is 2.79. The van der Waals surface area contributed by atoms with Gasteiger partial charge in [0.1, 0.15) is 5.82 Å². The number of non-ortho nitro benzene ring substituents is 1. The number of hydrogen-bond acceptors (Lipinski definition) is 4. The highest BCUT2D eigenvalue weighted by molar-refractivity contribution is 14.0. The molecule has 1 aliphatic rings. The molecule has 174 valence electrons. The summed E-state index contributed by atoms with van der Waals surface area (Å²) in [7, 11) is 1.77. The summed E-state index contributed by atoms with van der Waals surface area (Å²) in [5, 5.41) is 17.6. The highest BCUT2D eigenvalue weighted by Crippen LogP contribution is 2.20. The summed E-state index contributed by atoms with van der Waals surface area (Å²) in [5.74, 6) is 0.607. The van der Waals surface area contributed by atoms with E-state index < -0.39 is 0 Å². The number of nitrogens with one attached hydrogen (secondary N) is 2. The van der Waals surface area contributed by atoms with E-state index in [1.54, 1.807) is 31.3 Å². The van der Waals surface area contributed by atoms with Gasteiger partial charge in [0, 0.05) is 50.5 Å². The summed E-state index contributed by atoms with van der Waals surface area (Å²) in [6.07, 6.45) is 4.81. The predicted octanol–water partition coefficient (Wildman–Crippen LogP) is 4.51. The molecule has 2 aromatic rings. The maximum atomic E-state index is 13.4. The second kappa shape index (κ2) is 13.2. The van der Waals surface area contributed by atoms with E-state index in [0.29, 0.717) is 6.04 Å². The van der Waals surface area contributed by atoms with Crippen LogP contribution in [0.15, 0.2) is 53.5 Å². The van der Waals surface area contributed by atoms with Crippen LogP contribution in [0, 0.1) is 15.9 Å². The van der Waals surface area contributed by atoms with Gasteiger partial charge in [-0.05, 0) is 55.9 Å². The summed E-state index contributed by atoms with van der Waals surface area (Å²) in [5.41, 5.74) is 2.18. The van der Waals surface area contributed by atoms with Crippen molar-refractivity contribution in [3.05, 3.63) is 70.0 Å². The van der Waals surface area contributed by atoms with Gasteiger partial charge in [-0.15, -0.1) is 24.0 Å². The van der Waals surface area contributed by atoms with Gasteiger partial charge in [-0.25, -0.2) is 4.39 Å². The first kappa shape index (κ1) is 25.8. The smallest absolute Gasteiger partial charge is 0.269 e. The van der Waals surface area contributed by atoms with Crippen LogP contribution < -0.4 is 15.5 Å². The van der Waals surface area contributed by atoms with E-state index >= 15 is 0 Å². The molecule has 0 bridgehead atoms. The molecular weight excluding hydrogens is 524 g/mol. The lowest BCUT2D eigenvalue weighted by Crippen LogP contribution is -2.48. The highest BCUT2D eigenvalue weighted by atomic mass is 127. The largest absolute Gasteiger partial charge is 0.371 e. The van der Waals surface area contributed by atoms with Gasteiger partial charge in [0.05, 0.1) is 4.92 Å². The lowest BCUT2D eigenvalue weighted by molar-refractivity contribution is -0.384. The molecule has 2 aromatic carbocycles. The number of guanidine groups is 1. The molecule has 0 atom stereocenters. The van der Waals surface area contributed by atoms with Crippen molar-refractivity contribution in [2.45, 2.75) is 38.1 Å². The summed E-state index contributed by atoms with van der Waals surface area (Å²) in [6, 6.07) is 13.9. The zero-order valence-corrected chi connectivity index (χ0v) is 20.6. The molecule has 0 spiro atoms. The molecule has 1 fully saturated rings. The van der Waals surface area contributed by atoms with Gasteiger partial charge in [-0.3, -0.25) is 15.1 Å². The lowest BCUT2D eigenvalue weighted by Gasteiger charge is -2.34. The SMILES string of the molecule is CN=C(NCCCCc1ccc([N+](=O)[O-])cc1)NC1CCN(c2cccc(F)c2)CC1.I. The van der Waals surface area contributed by atoms with Crippen LogP contribution in [-0.4, -0.2) is 43.6 Å². The molecular formula is C23H31FIN5O2. The highest BCUT2D eigenvalue weighted by Gasteiger charge is 2.20. The number of nitro benzene ring substituents is 1. The van der Waals surface area contributed by atoms with E-state index in [4.69, 9.17) is 0 Å². The molecule has 9 heteroatoms. The fraction of sp³-hybridized carbons (Fsp3) is 0.435. The Morgan fingerprint density at radius 3 is 2.53 bits per heavy atom. The van der Waals surface area contributed by atoms with Gasteiger partial charge >= 0.3 is 0 Å². The lowest BCUT2D eigenvalue weighted by atomic mass is 10.0. The monoisotopic (exact) mass is 555 g/mol. The van der Waals surface area contributed by atoms with Crippen LogP contribution in [-0.2, 0) is 6.42 Å². The average molecular weight is 555 g/mol. The molecule has 2 N–H and O–H groups in total. The second-order valence-electron chi connectivity index (χ2n) is 7.77. The Hall–Kier alpha value is -2.43. The van der Waals surface area contributed by atoms with Crippen molar-refractivity contribution in [3.8, 4) is 0 Å². The van der Waals surface area contributed by atoms with Crippen molar-refractivity contribution in [2.75, 3.05) is 31.6 Å². The summed E-state index contributed by atoms with van der Waals surface area (Å²) >= 11 is 0. The van der Waals surface area contributed by atoms with Crippen molar-refractivity contribution in [3.63, 3.8) is 0 Å². The first-order valence-electron chi connectivity index (χ1n) is 10.8. The second-order valence-corrected chi connectivity index (χ2v) is 7.77. The Morgan fingerprint density at radius 1 is 1.19 bits per heavy atom. The molecule has 1 heterocycles. The number of nitro groups is 1. The van der Waals surface area contributed by atoms with Crippen LogP contribution in [0.1, 0.15) is 31.2 Å². The summed E-state index contributed by atoms with van der Waals surface area (Å²) in [6.45, 7) is 2.58. The predicted molar refractivity (Wildman–Crippen MR) is 138 cm³/mol. The third-order valence-electron chi connectivity index (χ3n) is 5.56. The minimum Gasteiger partial charge on any atom is -0.371 e. The quantitative estimate of drug-likeness (QED) is 0.125. The van der Waals surface area contributed by atoms with Crippen LogP contribution in [0.25, 0.3) is 0 Å². The number of anilines is 1. The van der Waals surface area contributed by atoms with Gasteiger partial charge in [-0.2, -0.15) is 0 Å². The van der Waals surface area contributed by atoms with Crippen LogP contribution in [0.2, 0.25) is 0 Å². The van der Waals surface area contributed by atoms with E-state index in [1.807, 2.05) is 18.2 Å². The topological polar surface area (TPSA) is 82.8 Å². The Labute approximate surface area is 205 Å². The number of hydrogen-bond donors (Lipinski definition) is 2. The minimum atomic E-state index is -0.377. The van der Waals surface area contributed by atoms with Crippen LogP contribution in [0.4, 0.5) is 15.8 Å². The van der Waals surface area contributed by atoms with Gasteiger partial charge in [-0.1, -0.05) is 18.2 Å². The van der Waals surface area contributed by atoms with Crippen molar-refractivity contribution in [1.29, 1.82) is 0 Å². The van der Waals surface area contributed by atoms with Gasteiger partial charge in [0.15, 0.2) is 5.96 Å². The fourth-order valence-corrected chi connectivity index (χ4v) is 3.79. The van der Waals surface area contributed by atoms with E-state index in [9.17, 15) is 14.5 Å². The van der Waals surface area contributed by atoms with Crippen molar-refractivity contribution in [2.24, 2.45) is 4.99 Å². The normalized spacial score (nSPS) is 14.6. The third kappa shape index (κ3) is 7.92. The molecule has 0 aliphatic carbocycles. The van der Waals surface area contributed by atoms with Crippen molar-refractivity contribution in [1.82, 2.24) is 10.6 Å². The zero-order valence-electron chi connectivity index (χ0n) is 18.3. The first-order valence-corrected chi connectivity index (χ1v) is 10.8. The number of rotatable bonds is 8. The Balaban J connectivity index is 0.00000363. The molecule has 1 aliphatic heterocycles. The van der Waals surface area contributed by atoms with Gasteiger partial charge in [0.2, 0.25) is 0 Å². The molecule has 0 unspecified atom stereocenters. The Bertz CT molecular complexity index is 886. The number of unbranched alkanes of at least 4 members (excludes halogenated alkanes) is 1. The number of aryl methyl sites for hydroxylation is 1. The molecule has 0 radical (unpaired) electrons. The maximum Gasteiger partial charge on any atom is 0.269 e. The molecule has 0 amide bonds. The van der Waals surface area contributed by atoms with E-state index in [-0.39, 0.29) is 40.4 Å². The Morgan fingerprint density at radius 2 is 1.91 bits per heavy atom. The number of benzene rings is 2. The maximum absolute atomic E-state index is 13.4. The zero-order chi connectivity index (χ0) is 22.1. The molecule has 0 aromatic heterocycles. The molecule has 3 rings (SSSR count). The summed E-state index contributed by atoms with van der Waals surface area (Å²) < 4.78 is 13.4. The van der Waals surface area contributed by atoms with Gasteiger partial charge < -0.3 is 15.5 Å². The van der Waals surface area contributed by atoms with E-state index in [0.717, 1.165) is 68.9 Å². The van der Waals surface area contributed by atoms with E-state index in [2.05, 4.69) is 20.5 Å². The number of halogens is 2. The third-order valence-corrected chi connectivity index (χ3v) is 5.56. The minimum absolute atomic E-state index is 0. The Kier molecular flexibility index (Phi) is 10.6. The van der Waals surface area contributed by atoms with Crippen LogP contribution in [0.3, 0.4) is 0 Å².